The summed E-state index contributed by atoms with van der Waals surface area (Å²) in [5.41, 5.74) is 1.30. The number of nitrogens with zero attached hydrogens (tertiary/aromatic N) is 1. The molecule has 0 fully saturated rings. The predicted octanol–water partition coefficient (Wildman–Crippen LogP) is 5.20. The fourth-order valence-electron chi connectivity index (χ4n) is 3.25. The Hall–Kier alpha value is -2.97. The van der Waals surface area contributed by atoms with Gasteiger partial charge >= 0.3 is 0 Å². The summed E-state index contributed by atoms with van der Waals surface area (Å²) < 4.78 is 3.87. The van der Waals surface area contributed by atoms with Gasteiger partial charge in [-0.3, -0.25) is 4.79 Å². The number of carbonyl (C=O) groups is 1. The highest BCUT2D eigenvalue weighted by Gasteiger charge is 2.44. The van der Waals surface area contributed by atoms with Gasteiger partial charge in [-0.1, -0.05) is 0 Å². The monoisotopic (exact) mass is 401 g/mol. The van der Waals surface area contributed by atoms with Gasteiger partial charge in [0.25, 0.3) is 0 Å². The van der Waals surface area contributed by atoms with Crippen molar-refractivity contribution in [3.63, 3.8) is 0 Å². The lowest BCUT2D eigenvalue weighted by molar-refractivity contribution is -0.120. The molecule has 0 aliphatic heterocycles. The van der Waals surface area contributed by atoms with Crippen LogP contribution in [0.3, 0.4) is 0 Å². The third-order valence-corrected chi connectivity index (χ3v) is 6.51. The molecule has 1 atom stereocenters. The maximum Gasteiger partial charge on any atom is 0.197 e. The Bertz CT molecular complexity index is 1150. The number of hydrogen-bond donors (Lipinski definition) is 4. The van der Waals surface area contributed by atoms with E-state index in [2.05, 4.69) is 0 Å². The van der Waals surface area contributed by atoms with E-state index in [1.807, 2.05) is 22.9 Å². The standard InChI is InChI=1S/C19H15NO5S2/c1-2-9(22)7-13(23)10(8-21)14-16(24)15(17(14)25)20-11-3-5-26-18(11)19-12(20)4-6-27-19/h2-8,15,21-24H,1H3/b9-2+,10-8-,13-7+. The molecule has 0 radical (unpaired) electrons. The number of aliphatic hydroxyl groups excluding tert-OH is 4. The normalized spacial score (nSPS) is 19.4. The van der Waals surface area contributed by atoms with Crippen LogP contribution < -0.4 is 0 Å². The molecule has 1 aliphatic rings. The fraction of sp³-hybridized carbons (Fsp3) is 0.105. The first-order valence-corrected chi connectivity index (χ1v) is 9.78. The molecule has 0 amide bonds. The Morgan fingerprint density at radius 2 is 1.74 bits per heavy atom. The van der Waals surface area contributed by atoms with Crippen molar-refractivity contribution in [2.45, 2.75) is 13.0 Å². The molecular weight excluding hydrogens is 386 g/mol. The Morgan fingerprint density at radius 3 is 2.22 bits per heavy atom. The molecule has 4 N–H and O–H groups in total. The molecule has 138 valence electrons. The predicted molar refractivity (Wildman–Crippen MR) is 107 cm³/mol. The summed E-state index contributed by atoms with van der Waals surface area (Å²) in [5.74, 6) is -1.42. The van der Waals surface area contributed by atoms with Crippen molar-refractivity contribution in [3.05, 3.63) is 69.7 Å². The SMILES string of the molecule is C\C=C(O)/C=C(O)\C(=C\O)C1=C(O)C(n2c3ccsc3c3sccc32)C1=O. The zero-order chi connectivity index (χ0) is 19.3. The van der Waals surface area contributed by atoms with E-state index in [1.54, 1.807) is 34.2 Å². The molecule has 3 heterocycles. The van der Waals surface area contributed by atoms with E-state index in [0.29, 0.717) is 6.26 Å². The van der Waals surface area contributed by atoms with Crippen molar-refractivity contribution >= 4 is 48.9 Å². The van der Waals surface area contributed by atoms with Gasteiger partial charge in [0, 0.05) is 6.08 Å². The number of Topliss-reactive ketones (excluding diaryl/α,β-unsaturated/α-hetero) is 1. The molecule has 8 heteroatoms. The van der Waals surface area contributed by atoms with Gasteiger partial charge in [0.2, 0.25) is 0 Å². The first-order chi connectivity index (χ1) is 13.0. The lowest BCUT2D eigenvalue weighted by Crippen LogP contribution is -2.35. The molecule has 4 rings (SSSR count). The van der Waals surface area contributed by atoms with E-state index < -0.39 is 17.6 Å². The molecule has 1 unspecified atom stereocenters. The smallest absolute Gasteiger partial charge is 0.197 e. The second-order valence-electron chi connectivity index (χ2n) is 5.95. The van der Waals surface area contributed by atoms with Crippen LogP contribution in [0.15, 0.2) is 69.7 Å². The van der Waals surface area contributed by atoms with Gasteiger partial charge < -0.3 is 25.0 Å². The van der Waals surface area contributed by atoms with Crippen molar-refractivity contribution in [1.29, 1.82) is 0 Å². The number of aliphatic hydroxyl groups is 4. The number of fused-ring (bicyclic) bond motifs is 3. The number of hydrogen-bond acceptors (Lipinski definition) is 7. The summed E-state index contributed by atoms with van der Waals surface area (Å²) in [4.78, 5) is 12.9. The zero-order valence-corrected chi connectivity index (χ0v) is 15.7. The van der Waals surface area contributed by atoms with E-state index in [1.165, 1.54) is 6.08 Å². The number of aromatic nitrogens is 1. The second-order valence-corrected chi connectivity index (χ2v) is 7.79. The highest BCUT2D eigenvalue weighted by atomic mass is 32.1. The Labute approximate surface area is 161 Å². The van der Waals surface area contributed by atoms with Crippen LogP contribution in [0, 0.1) is 0 Å². The second kappa shape index (κ2) is 6.33. The van der Waals surface area contributed by atoms with Crippen molar-refractivity contribution in [2.24, 2.45) is 0 Å². The summed E-state index contributed by atoms with van der Waals surface area (Å²) >= 11 is 3.14. The Balaban J connectivity index is 1.83. The van der Waals surface area contributed by atoms with Gasteiger partial charge in [-0.25, -0.2) is 0 Å². The van der Waals surface area contributed by atoms with Crippen molar-refractivity contribution in [1.82, 2.24) is 4.57 Å². The van der Waals surface area contributed by atoms with Crippen molar-refractivity contribution < 1.29 is 25.2 Å². The summed E-state index contributed by atoms with van der Waals surface area (Å²) in [7, 11) is 0. The van der Waals surface area contributed by atoms with Crippen LogP contribution in [0.2, 0.25) is 0 Å². The van der Waals surface area contributed by atoms with Gasteiger partial charge in [-0.15, -0.1) is 22.7 Å². The summed E-state index contributed by atoms with van der Waals surface area (Å²) in [6, 6.07) is 2.88. The minimum Gasteiger partial charge on any atom is -0.515 e. The molecule has 0 spiro atoms. The topological polar surface area (TPSA) is 103 Å². The zero-order valence-electron chi connectivity index (χ0n) is 14.1. The van der Waals surface area contributed by atoms with Crippen LogP contribution in [0.25, 0.3) is 20.4 Å². The lowest BCUT2D eigenvalue weighted by atomic mass is 9.82. The van der Waals surface area contributed by atoms with Crippen LogP contribution >= 0.6 is 22.7 Å². The maximum absolute atomic E-state index is 12.9. The Kier molecular flexibility index (Phi) is 4.09. The molecule has 0 saturated carbocycles. The average molecular weight is 401 g/mol. The molecular formula is C19H15NO5S2. The van der Waals surface area contributed by atoms with Crippen molar-refractivity contribution in [3.8, 4) is 0 Å². The quantitative estimate of drug-likeness (QED) is 0.355. The Morgan fingerprint density at radius 1 is 1.15 bits per heavy atom. The van der Waals surface area contributed by atoms with E-state index in [4.69, 9.17) is 0 Å². The van der Waals surface area contributed by atoms with Crippen LogP contribution in [-0.4, -0.2) is 30.8 Å². The molecule has 0 bridgehead atoms. The number of rotatable bonds is 4. The van der Waals surface area contributed by atoms with Gasteiger partial charge in [-0.2, -0.15) is 0 Å². The molecule has 0 aromatic carbocycles. The van der Waals surface area contributed by atoms with E-state index in [9.17, 15) is 25.2 Å². The van der Waals surface area contributed by atoms with Crippen LogP contribution in [-0.2, 0) is 4.79 Å². The highest BCUT2D eigenvalue weighted by molar-refractivity contribution is 7.25. The minimum absolute atomic E-state index is 0.166. The van der Waals surface area contributed by atoms with Gasteiger partial charge in [-0.05, 0) is 35.9 Å². The molecule has 3 aromatic heterocycles. The third-order valence-electron chi connectivity index (χ3n) is 4.54. The van der Waals surface area contributed by atoms with Crippen molar-refractivity contribution in [2.75, 3.05) is 0 Å². The van der Waals surface area contributed by atoms with Crippen LogP contribution in [0.1, 0.15) is 13.0 Å². The maximum atomic E-state index is 12.9. The van der Waals surface area contributed by atoms with Crippen LogP contribution in [0.4, 0.5) is 0 Å². The van der Waals surface area contributed by atoms with E-state index in [-0.39, 0.29) is 22.7 Å². The first-order valence-electron chi connectivity index (χ1n) is 8.02. The van der Waals surface area contributed by atoms with E-state index in [0.717, 1.165) is 26.5 Å². The average Bonchev–Trinajstić information content (AvgIpc) is 3.35. The van der Waals surface area contributed by atoms with Gasteiger partial charge in [0.05, 0.1) is 37.8 Å². The molecule has 0 saturated heterocycles. The molecule has 3 aromatic rings. The molecule has 6 nitrogen and oxygen atoms in total. The molecule has 27 heavy (non-hydrogen) atoms. The highest BCUT2D eigenvalue weighted by Crippen LogP contribution is 2.46. The number of allylic oxidation sites excluding steroid dienone is 4. The first kappa shape index (κ1) is 17.4. The summed E-state index contributed by atoms with van der Waals surface area (Å²) in [6.07, 6.45) is 2.88. The van der Waals surface area contributed by atoms with Gasteiger partial charge in [0.15, 0.2) is 11.8 Å². The van der Waals surface area contributed by atoms with Gasteiger partial charge in [0.1, 0.15) is 17.3 Å². The van der Waals surface area contributed by atoms with Crippen LogP contribution in [0.5, 0.6) is 0 Å². The fourth-order valence-corrected chi connectivity index (χ4v) is 5.20. The summed E-state index contributed by atoms with van der Waals surface area (Å²) in [6.45, 7) is 1.56. The molecule has 1 aliphatic carbocycles. The lowest BCUT2D eigenvalue weighted by Gasteiger charge is -2.30. The largest absolute Gasteiger partial charge is 0.515 e. The number of carbonyl (C=O) groups excluding carboxylic acids is 1. The number of ketones is 1. The summed E-state index contributed by atoms with van der Waals surface area (Å²) in [5, 5.41) is 43.6. The third kappa shape index (κ3) is 2.41. The minimum atomic E-state index is -0.915. The van der Waals surface area contributed by atoms with E-state index >= 15 is 0 Å². The number of thiophene rings is 2.